The number of carbonyl (C=O) groups is 1. The van der Waals surface area contributed by atoms with Crippen molar-refractivity contribution in [3.8, 4) is 0 Å². The first kappa shape index (κ1) is 57.6. The van der Waals surface area contributed by atoms with Gasteiger partial charge in [0.05, 0.1) is 13.2 Å². The molecule has 0 heterocycles. The third-order valence-corrected chi connectivity index (χ3v) is 12.3. The summed E-state index contributed by atoms with van der Waals surface area (Å²) in [5.74, 6) is -0.492. The largest absolute Gasteiger partial charge is 0.472 e. The number of phosphoric acid groups is 1. The van der Waals surface area contributed by atoms with Gasteiger partial charge in [-0.2, -0.15) is 0 Å². The average molecular weight is 889 g/mol. The van der Waals surface area contributed by atoms with Crippen LogP contribution < -0.4 is 0 Å². The average Bonchev–Trinajstić information content (AvgIpc) is 3.24. The third-order valence-electron chi connectivity index (χ3n) is 11.3. The molecule has 358 valence electrons. The zero-order valence-electron chi connectivity index (χ0n) is 38.2. The minimum atomic E-state index is -5.02. The molecule has 1 aliphatic rings. The minimum absolute atomic E-state index is 0.0811. The van der Waals surface area contributed by atoms with E-state index in [2.05, 4.69) is 50.3 Å². The van der Waals surface area contributed by atoms with Crippen molar-refractivity contribution in [1.82, 2.24) is 0 Å². The Morgan fingerprint density at radius 2 is 0.967 bits per heavy atom. The second-order valence-corrected chi connectivity index (χ2v) is 18.3. The highest BCUT2D eigenvalue weighted by Crippen LogP contribution is 2.47. The van der Waals surface area contributed by atoms with Crippen LogP contribution >= 0.6 is 7.82 Å². The molecule has 6 unspecified atom stereocenters. The number of unbranched alkanes of at least 4 members (excludes halogenated alkanes) is 23. The smallest absolute Gasteiger partial charge is 0.457 e. The highest BCUT2D eigenvalue weighted by Gasteiger charge is 2.51. The maximum absolute atomic E-state index is 12.8. The molecule has 1 aliphatic carbocycles. The molecule has 0 aromatic rings. The van der Waals surface area contributed by atoms with Crippen molar-refractivity contribution in [1.29, 1.82) is 0 Å². The van der Waals surface area contributed by atoms with E-state index >= 15 is 0 Å². The Labute approximate surface area is 370 Å². The van der Waals surface area contributed by atoms with Crippen molar-refractivity contribution in [3.63, 3.8) is 0 Å². The fourth-order valence-electron chi connectivity index (χ4n) is 7.43. The van der Waals surface area contributed by atoms with Crippen LogP contribution in [0.25, 0.3) is 0 Å². The van der Waals surface area contributed by atoms with Crippen LogP contribution in [0.4, 0.5) is 0 Å². The fraction of sp³-hybridized carbons (Fsp3) is 0.854. The highest BCUT2D eigenvalue weighted by atomic mass is 31.2. The molecule has 0 aliphatic heterocycles. The Bertz CT molecular complexity index is 1150. The van der Waals surface area contributed by atoms with Gasteiger partial charge in [0.15, 0.2) is 0 Å². The summed E-state index contributed by atoms with van der Waals surface area (Å²) in [6.45, 7) is 4.15. The van der Waals surface area contributed by atoms with Gasteiger partial charge >= 0.3 is 13.8 Å². The molecule has 1 saturated carbocycles. The summed E-state index contributed by atoms with van der Waals surface area (Å²) in [6.07, 6.45) is 33.6. The first-order chi connectivity index (χ1) is 29.5. The summed E-state index contributed by atoms with van der Waals surface area (Å²) in [6, 6.07) is 0. The van der Waals surface area contributed by atoms with E-state index in [4.69, 9.17) is 18.5 Å². The number of esters is 1. The monoisotopic (exact) mass is 889 g/mol. The fourth-order valence-corrected chi connectivity index (χ4v) is 8.40. The lowest BCUT2D eigenvalue weighted by atomic mass is 9.85. The summed E-state index contributed by atoms with van der Waals surface area (Å²) in [4.78, 5) is 23.2. The van der Waals surface area contributed by atoms with Gasteiger partial charge in [-0.05, 0) is 44.9 Å². The summed E-state index contributed by atoms with van der Waals surface area (Å²) >= 11 is 0. The van der Waals surface area contributed by atoms with E-state index in [0.29, 0.717) is 13.0 Å². The predicted molar refractivity (Wildman–Crippen MR) is 244 cm³/mol. The normalized spacial score (nSPS) is 22.4. The SMILES string of the molecule is CC/C=C\C/C=C\C/C=C\CCCCCCCC(=O)OC(COCCCCCCCCCCCCCCCCCCCCC)COP(=O)(O)OC1C(O)C(O)C(O)C(O)C1O. The Morgan fingerprint density at radius 1 is 0.541 bits per heavy atom. The molecule has 0 aromatic carbocycles. The number of allylic oxidation sites excluding steroid dienone is 6. The van der Waals surface area contributed by atoms with Gasteiger partial charge in [-0.15, -0.1) is 0 Å². The number of phosphoric ester groups is 1. The van der Waals surface area contributed by atoms with Crippen molar-refractivity contribution in [2.75, 3.05) is 19.8 Å². The molecule has 0 saturated heterocycles. The third kappa shape index (κ3) is 31.1. The highest BCUT2D eigenvalue weighted by molar-refractivity contribution is 7.47. The topological polar surface area (TPSA) is 192 Å². The number of carbonyl (C=O) groups excluding carboxylic acids is 1. The summed E-state index contributed by atoms with van der Waals surface area (Å²) in [5, 5.41) is 50.2. The van der Waals surface area contributed by atoms with Crippen molar-refractivity contribution in [2.45, 2.75) is 243 Å². The van der Waals surface area contributed by atoms with E-state index in [1.807, 2.05) is 0 Å². The number of ether oxygens (including phenoxy) is 2. The predicted octanol–water partition coefficient (Wildman–Crippen LogP) is 10.3. The van der Waals surface area contributed by atoms with E-state index in [-0.39, 0.29) is 13.0 Å². The molecule has 6 N–H and O–H groups in total. The van der Waals surface area contributed by atoms with Crippen LogP contribution in [0.1, 0.15) is 200 Å². The molecule has 61 heavy (non-hydrogen) atoms. The molecule has 13 heteroatoms. The van der Waals surface area contributed by atoms with Gasteiger partial charge in [0.2, 0.25) is 0 Å². The van der Waals surface area contributed by atoms with Crippen LogP contribution in [0.5, 0.6) is 0 Å². The van der Waals surface area contributed by atoms with E-state index in [9.17, 15) is 39.8 Å². The summed E-state index contributed by atoms with van der Waals surface area (Å²) in [7, 11) is -5.02. The van der Waals surface area contributed by atoms with Gasteiger partial charge in [0.25, 0.3) is 0 Å². The molecule has 1 fully saturated rings. The molecule has 1 rings (SSSR count). The summed E-state index contributed by atoms with van der Waals surface area (Å²) in [5.41, 5.74) is 0. The first-order valence-corrected chi connectivity index (χ1v) is 25.8. The van der Waals surface area contributed by atoms with Crippen molar-refractivity contribution < 1.29 is 58.3 Å². The molecule has 12 nitrogen and oxygen atoms in total. The zero-order chi connectivity index (χ0) is 44.8. The molecule has 6 atom stereocenters. The van der Waals surface area contributed by atoms with Crippen molar-refractivity contribution in [2.24, 2.45) is 0 Å². The molecular weight excluding hydrogens is 799 g/mol. The Morgan fingerprint density at radius 3 is 1.48 bits per heavy atom. The van der Waals surface area contributed by atoms with Gasteiger partial charge in [-0.25, -0.2) is 4.57 Å². The van der Waals surface area contributed by atoms with E-state index in [1.165, 1.54) is 103 Å². The number of hydrogen-bond donors (Lipinski definition) is 6. The Kier molecular flexibility index (Phi) is 36.8. The quantitative estimate of drug-likeness (QED) is 0.0148. The van der Waals surface area contributed by atoms with Crippen molar-refractivity contribution in [3.05, 3.63) is 36.5 Å². The Balaban J connectivity index is 2.36. The van der Waals surface area contributed by atoms with E-state index in [1.54, 1.807) is 0 Å². The first-order valence-electron chi connectivity index (χ1n) is 24.3. The van der Waals surface area contributed by atoms with Crippen LogP contribution in [-0.4, -0.2) is 98.9 Å². The van der Waals surface area contributed by atoms with Crippen LogP contribution in [0.3, 0.4) is 0 Å². The van der Waals surface area contributed by atoms with Crippen LogP contribution in [0, 0.1) is 0 Å². The van der Waals surface area contributed by atoms with Gasteiger partial charge in [0, 0.05) is 13.0 Å². The molecule has 0 radical (unpaired) electrons. The maximum Gasteiger partial charge on any atom is 0.472 e. The van der Waals surface area contributed by atoms with Crippen LogP contribution in [0.2, 0.25) is 0 Å². The van der Waals surface area contributed by atoms with Gasteiger partial charge in [-0.1, -0.05) is 185 Å². The van der Waals surface area contributed by atoms with Crippen LogP contribution in [0.15, 0.2) is 36.5 Å². The number of hydrogen-bond acceptors (Lipinski definition) is 11. The number of aliphatic hydroxyl groups excluding tert-OH is 5. The number of aliphatic hydroxyl groups is 5. The lowest BCUT2D eigenvalue weighted by Crippen LogP contribution is -2.64. The minimum Gasteiger partial charge on any atom is -0.457 e. The van der Waals surface area contributed by atoms with Gasteiger partial charge < -0.3 is 39.9 Å². The van der Waals surface area contributed by atoms with E-state index < -0.39 is 63.1 Å². The second-order valence-electron chi connectivity index (χ2n) is 16.9. The summed E-state index contributed by atoms with van der Waals surface area (Å²) < 4.78 is 34.2. The molecular formula is C48H89O12P. The number of rotatable bonds is 41. The molecule has 0 spiro atoms. The van der Waals surface area contributed by atoms with Crippen molar-refractivity contribution >= 4 is 13.8 Å². The molecule has 0 amide bonds. The lowest BCUT2D eigenvalue weighted by molar-refractivity contribution is -0.220. The standard InChI is InChI=1S/C48H89O12P/c1-3-5-7-9-11-13-15-17-19-20-21-22-24-26-28-30-32-34-36-38-57-39-41(40-58-61(55,56)60-48-46(53)44(51)43(50)45(52)47(48)54)59-42(49)37-35-33-31-29-27-25-23-18-16-14-12-10-8-6-4-2/h6,8,12,14,18,23,41,43-48,50-54H,3-5,7,9-11,13,15-17,19-22,24-40H2,1-2H3,(H,55,56)/b8-6-,14-12-,23-18-. The molecule has 0 bridgehead atoms. The molecule has 0 aromatic heterocycles. The maximum atomic E-state index is 12.8. The van der Waals surface area contributed by atoms with Gasteiger partial charge in [-0.3, -0.25) is 13.8 Å². The second kappa shape index (κ2) is 39.0. The van der Waals surface area contributed by atoms with Crippen LogP contribution in [-0.2, 0) is 27.9 Å². The van der Waals surface area contributed by atoms with E-state index in [0.717, 1.165) is 70.6 Å². The Hall–Kier alpha value is -1.44. The van der Waals surface area contributed by atoms with Gasteiger partial charge in [0.1, 0.15) is 42.7 Å². The zero-order valence-corrected chi connectivity index (χ0v) is 39.1. The lowest BCUT2D eigenvalue weighted by Gasteiger charge is -2.41.